The number of thioether (sulfide) groups is 1. The summed E-state index contributed by atoms with van der Waals surface area (Å²) in [6.45, 7) is 4.68. The van der Waals surface area contributed by atoms with Gasteiger partial charge in [0.15, 0.2) is 0 Å². The number of hydrogen-bond donors (Lipinski definition) is 1. The largest absolute Gasteiger partial charge is 0.446 e. The molecule has 0 atom stereocenters. The van der Waals surface area contributed by atoms with E-state index in [1.807, 2.05) is 6.07 Å². The van der Waals surface area contributed by atoms with Crippen LogP contribution in [0.3, 0.4) is 0 Å². The number of rotatable bonds is 6. The number of amides is 3. The SMILES string of the molecule is CC1(C)C(=O)N(c2ccc(SC(F)(F)F)cc2)C(=O)N1Cc1ccnc(NC2COC2)c1. The van der Waals surface area contributed by atoms with Gasteiger partial charge in [0.25, 0.3) is 5.91 Å². The Labute approximate surface area is 186 Å². The van der Waals surface area contributed by atoms with Gasteiger partial charge in [-0.3, -0.25) is 4.79 Å². The van der Waals surface area contributed by atoms with Crippen LogP contribution in [0.4, 0.5) is 29.5 Å². The maximum absolute atomic E-state index is 13.2. The summed E-state index contributed by atoms with van der Waals surface area (Å²) < 4.78 is 42.9. The number of nitrogens with one attached hydrogen (secondary N) is 1. The Kier molecular flexibility index (Phi) is 5.80. The van der Waals surface area contributed by atoms with Crippen LogP contribution in [0.15, 0.2) is 47.5 Å². The molecule has 0 saturated carbocycles. The average molecular weight is 466 g/mol. The molecule has 2 aliphatic rings. The third-order valence-electron chi connectivity index (χ3n) is 5.31. The standard InChI is InChI=1S/C21H21F3N4O3S/c1-20(2)18(29)28(15-3-5-16(6-4-15)32-21(22,23)24)19(30)27(20)10-13-7-8-25-17(9-13)26-14-11-31-12-14/h3-9,14H,10-12H2,1-2H3,(H,25,26). The number of anilines is 2. The molecule has 0 bridgehead atoms. The highest BCUT2D eigenvalue weighted by Crippen LogP contribution is 2.39. The highest BCUT2D eigenvalue weighted by atomic mass is 32.2. The van der Waals surface area contributed by atoms with E-state index in [4.69, 9.17) is 4.74 Å². The minimum Gasteiger partial charge on any atom is -0.377 e. The molecule has 1 aromatic heterocycles. The molecule has 2 saturated heterocycles. The number of carbonyl (C=O) groups is 2. The molecule has 0 radical (unpaired) electrons. The van der Waals surface area contributed by atoms with Gasteiger partial charge in [-0.25, -0.2) is 14.7 Å². The van der Waals surface area contributed by atoms with Crippen LogP contribution < -0.4 is 10.2 Å². The van der Waals surface area contributed by atoms with Crippen molar-refractivity contribution in [1.82, 2.24) is 9.88 Å². The van der Waals surface area contributed by atoms with Crippen molar-refractivity contribution < 1.29 is 27.5 Å². The number of aromatic nitrogens is 1. The predicted octanol–water partition coefficient (Wildman–Crippen LogP) is 4.25. The number of nitrogens with zero attached hydrogens (tertiary/aromatic N) is 3. The molecule has 3 amide bonds. The van der Waals surface area contributed by atoms with Gasteiger partial charge < -0.3 is 15.0 Å². The third-order valence-corrected chi connectivity index (χ3v) is 6.05. The van der Waals surface area contributed by atoms with Crippen LogP contribution >= 0.6 is 11.8 Å². The van der Waals surface area contributed by atoms with E-state index in [1.54, 1.807) is 26.1 Å². The van der Waals surface area contributed by atoms with Crippen LogP contribution in [-0.2, 0) is 16.1 Å². The second-order valence-corrected chi connectivity index (χ2v) is 9.18. The number of urea groups is 1. The van der Waals surface area contributed by atoms with Crippen LogP contribution in [0, 0.1) is 0 Å². The van der Waals surface area contributed by atoms with Gasteiger partial charge in [-0.05, 0) is 67.6 Å². The Morgan fingerprint density at radius 1 is 1.19 bits per heavy atom. The van der Waals surface area contributed by atoms with Crippen LogP contribution in [0.2, 0.25) is 0 Å². The predicted molar refractivity (Wildman–Crippen MR) is 113 cm³/mol. The maximum atomic E-state index is 13.2. The van der Waals surface area contributed by atoms with Crippen molar-refractivity contribution in [2.75, 3.05) is 23.4 Å². The van der Waals surface area contributed by atoms with Crippen molar-refractivity contribution in [3.8, 4) is 0 Å². The number of imide groups is 1. The second-order valence-electron chi connectivity index (χ2n) is 8.04. The molecule has 2 fully saturated rings. The minimum atomic E-state index is -4.41. The van der Waals surface area contributed by atoms with Crippen LogP contribution in [0.1, 0.15) is 19.4 Å². The number of alkyl halides is 3. The van der Waals surface area contributed by atoms with E-state index >= 15 is 0 Å². The number of ether oxygens (including phenoxy) is 1. The molecule has 2 aromatic rings. The lowest BCUT2D eigenvalue weighted by Gasteiger charge is -2.29. The molecule has 3 heterocycles. The molecule has 0 unspecified atom stereocenters. The summed E-state index contributed by atoms with van der Waals surface area (Å²) in [5.41, 5.74) is -4.53. The van der Waals surface area contributed by atoms with E-state index in [9.17, 15) is 22.8 Å². The molecule has 4 rings (SSSR count). The van der Waals surface area contributed by atoms with E-state index in [0.29, 0.717) is 19.0 Å². The number of carbonyl (C=O) groups excluding carboxylic acids is 2. The Hall–Kier alpha value is -2.79. The molecule has 170 valence electrons. The van der Waals surface area contributed by atoms with E-state index < -0.39 is 23.0 Å². The van der Waals surface area contributed by atoms with Crippen LogP contribution in [0.25, 0.3) is 0 Å². The van der Waals surface area contributed by atoms with Gasteiger partial charge in [0.1, 0.15) is 11.4 Å². The average Bonchev–Trinajstić information content (AvgIpc) is 2.84. The van der Waals surface area contributed by atoms with Gasteiger partial charge in [0.05, 0.1) is 24.9 Å². The van der Waals surface area contributed by atoms with Crippen LogP contribution in [0.5, 0.6) is 0 Å². The smallest absolute Gasteiger partial charge is 0.377 e. The zero-order valence-electron chi connectivity index (χ0n) is 17.3. The van der Waals surface area contributed by atoms with Crippen molar-refractivity contribution in [2.24, 2.45) is 0 Å². The number of benzene rings is 1. The molecule has 11 heteroatoms. The first-order valence-electron chi connectivity index (χ1n) is 9.86. The Balaban J connectivity index is 1.53. The molecular weight excluding hydrogens is 445 g/mol. The van der Waals surface area contributed by atoms with Gasteiger partial charge in [-0.15, -0.1) is 0 Å². The summed E-state index contributed by atoms with van der Waals surface area (Å²) in [5.74, 6) is 0.207. The van der Waals surface area contributed by atoms with Gasteiger partial charge in [0.2, 0.25) is 0 Å². The zero-order chi connectivity index (χ0) is 23.1. The summed E-state index contributed by atoms with van der Waals surface area (Å²) in [7, 11) is 0. The fourth-order valence-electron chi connectivity index (χ4n) is 3.49. The lowest BCUT2D eigenvalue weighted by Crippen LogP contribution is -2.43. The summed E-state index contributed by atoms with van der Waals surface area (Å²) in [6, 6.07) is 8.42. The first kappa shape index (κ1) is 22.4. The van der Waals surface area contributed by atoms with Crippen molar-refractivity contribution >= 4 is 35.2 Å². The third kappa shape index (κ3) is 4.53. The van der Waals surface area contributed by atoms with E-state index in [0.717, 1.165) is 10.5 Å². The lowest BCUT2D eigenvalue weighted by atomic mass is 10.0. The normalized spacial score (nSPS) is 18.8. The van der Waals surface area contributed by atoms with Gasteiger partial charge in [-0.2, -0.15) is 13.2 Å². The quantitative estimate of drug-likeness (QED) is 0.507. The van der Waals surface area contributed by atoms with Crippen molar-refractivity contribution in [2.45, 2.75) is 42.4 Å². The summed E-state index contributed by atoms with van der Waals surface area (Å²) in [6.07, 6.45) is 1.63. The molecular formula is C21H21F3N4O3S. The lowest BCUT2D eigenvalue weighted by molar-refractivity contribution is -0.123. The van der Waals surface area contributed by atoms with E-state index in [-0.39, 0.29) is 34.9 Å². The molecule has 1 aromatic carbocycles. The monoisotopic (exact) mass is 466 g/mol. The summed E-state index contributed by atoms with van der Waals surface area (Å²) in [5, 5.41) is 3.24. The molecule has 0 spiro atoms. The number of pyridine rings is 1. The van der Waals surface area contributed by atoms with Crippen molar-refractivity contribution in [3.63, 3.8) is 0 Å². The van der Waals surface area contributed by atoms with Crippen LogP contribution in [-0.4, -0.2) is 52.1 Å². The summed E-state index contributed by atoms with van der Waals surface area (Å²) in [4.78, 5) is 32.9. The van der Waals surface area contributed by atoms with Gasteiger partial charge >= 0.3 is 11.5 Å². The fourth-order valence-corrected chi connectivity index (χ4v) is 4.03. The molecule has 1 N–H and O–H groups in total. The van der Waals surface area contributed by atoms with Gasteiger partial charge in [0, 0.05) is 17.6 Å². The highest BCUT2D eigenvalue weighted by molar-refractivity contribution is 8.00. The van der Waals surface area contributed by atoms with E-state index in [1.165, 1.54) is 29.2 Å². The van der Waals surface area contributed by atoms with E-state index in [2.05, 4.69) is 10.3 Å². The molecule has 32 heavy (non-hydrogen) atoms. The number of halogens is 3. The summed E-state index contributed by atoms with van der Waals surface area (Å²) >= 11 is -0.252. The first-order chi connectivity index (χ1) is 15.0. The van der Waals surface area contributed by atoms with Crippen molar-refractivity contribution in [3.05, 3.63) is 48.2 Å². The number of hydrogen-bond acceptors (Lipinski definition) is 6. The minimum absolute atomic E-state index is 0.0230. The first-order valence-corrected chi connectivity index (χ1v) is 10.7. The van der Waals surface area contributed by atoms with Crippen molar-refractivity contribution in [1.29, 1.82) is 0 Å². The zero-order valence-corrected chi connectivity index (χ0v) is 18.2. The second kappa shape index (κ2) is 8.28. The maximum Gasteiger partial charge on any atom is 0.446 e. The van der Waals surface area contributed by atoms with Gasteiger partial charge in [-0.1, -0.05) is 0 Å². The molecule has 7 nitrogen and oxygen atoms in total. The highest BCUT2D eigenvalue weighted by Gasteiger charge is 2.51. The Morgan fingerprint density at radius 3 is 2.47 bits per heavy atom. The topological polar surface area (TPSA) is 74.8 Å². The molecule has 2 aliphatic heterocycles. The Bertz CT molecular complexity index is 1030. The Morgan fingerprint density at radius 2 is 1.88 bits per heavy atom. The fraction of sp³-hybridized carbons (Fsp3) is 0.381. The molecule has 0 aliphatic carbocycles.